The molecule has 3 rings (SSSR count). The van der Waals surface area contributed by atoms with Gasteiger partial charge in [0.25, 0.3) is 0 Å². The van der Waals surface area contributed by atoms with E-state index < -0.39 is 0 Å². The molecule has 75 valence electrons. The van der Waals surface area contributed by atoms with Crippen LogP contribution in [0, 0.1) is 6.58 Å². The second-order valence-corrected chi connectivity index (χ2v) is 3.97. The predicted molar refractivity (Wildman–Crippen MR) is 70.2 cm³/mol. The van der Waals surface area contributed by atoms with Crippen molar-refractivity contribution in [2.24, 2.45) is 0 Å². The van der Waals surface area contributed by atoms with Crippen LogP contribution in [0.2, 0.25) is 0 Å². The summed E-state index contributed by atoms with van der Waals surface area (Å²) >= 11 is 0. The third-order valence-electron chi connectivity index (χ3n) is 2.92. The van der Waals surface area contributed by atoms with Crippen molar-refractivity contribution < 1.29 is 0 Å². The molecule has 0 nitrogen and oxygen atoms in total. The van der Waals surface area contributed by atoms with E-state index in [0.29, 0.717) is 0 Å². The van der Waals surface area contributed by atoms with E-state index in [-0.39, 0.29) is 0 Å². The molecule has 0 heterocycles. The Labute approximate surface area is 94.8 Å². The lowest BCUT2D eigenvalue weighted by atomic mass is 10.0. The zero-order valence-electron chi connectivity index (χ0n) is 8.85. The fourth-order valence-electron chi connectivity index (χ4n) is 2.06. The molecule has 0 aliphatic heterocycles. The Balaban J connectivity index is 2.41. The average molecular weight is 203 g/mol. The monoisotopic (exact) mass is 203 g/mol. The lowest BCUT2D eigenvalue weighted by Gasteiger charge is -2.03. The van der Waals surface area contributed by atoms with E-state index >= 15 is 0 Å². The smallest absolute Gasteiger partial charge is 0.0172 e. The van der Waals surface area contributed by atoms with E-state index in [1.807, 2.05) is 6.07 Å². The van der Waals surface area contributed by atoms with Crippen molar-refractivity contribution in [2.45, 2.75) is 0 Å². The van der Waals surface area contributed by atoms with Crippen LogP contribution in [0.3, 0.4) is 0 Å². The van der Waals surface area contributed by atoms with Gasteiger partial charge in [-0.05, 0) is 45.3 Å². The number of hydrogen-bond acceptors (Lipinski definition) is 0. The van der Waals surface area contributed by atoms with Crippen LogP contribution in [0.15, 0.2) is 54.6 Å². The fourth-order valence-corrected chi connectivity index (χ4v) is 2.06. The van der Waals surface area contributed by atoms with Crippen molar-refractivity contribution in [3.8, 4) is 0 Å². The van der Waals surface area contributed by atoms with Crippen LogP contribution < -0.4 is 0 Å². The first-order chi connectivity index (χ1) is 7.86. The molecule has 0 aliphatic rings. The van der Waals surface area contributed by atoms with Gasteiger partial charge in [0.1, 0.15) is 0 Å². The molecule has 0 amide bonds. The zero-order chi connectivity index (χ0) is 11.0. The summed E-state index contributed by atoms with van der Waals surface area (Å²) in [5.41, 5.74) is 1.06. The van der Waals surface area contributed by atoms with Crippen molar-refractivity contribution in [3.05, 3.63) is 66.7 Å². The van der Waals surface area contributed by atoms with Crippen LogP contribution in [0.4, 0.5) is 0 Å². The van der Waals surface area contributed by atoms with Gasteiger partial charge in [-0.1, -0.05) is 49.1 Å². The highest BCUT2D eigenvalue weighted by Gasteiger charge is 1.97. The minimum atomic E-state index is 1.06. The molecule has 0 spiro atoms. The van der Waals surface area contributed by atoms with Gasteiger partial charge in [0, 0.05) is 0 Å². The van der Waals surface area contributed by atoms with Crippen molar-refractivity contribution in [1.29, 1.82) is 0 Å². The Morgan fingerprint density at radius 1 is 0.688 bits per heavy atom. The highest BCUT2D eigenvalue weighted by atomic mass is 14.0. The molecule has 3 aromatic rings. The van der Waals surface area contributed by atoms with Crippen LogP contribution in [-0.4, -0.2) is 0 Å². The second-order valence-electron chi connectivity index (χ2n) is 3.97. The largest absolute Gasteiger partial charge is 0.0617 e. The molecule has 0 aromatic heterocycles. The van der Waals surface area contributed by atoms with Crippen molar-refractivity contribution in [3.63, 3.8) is 0 Å². The maximum absolute atomic E-state index is 5.53. The van der Waals surface area contributed by atoms with Crippen LogP contribution in [0.25, 0.3) is 27.6 Å². The summed E-state index contributed by atoms with van der Waals surface area (Å²) in [6.07, 6.45) is 1.63. The molecule has 0 saturated carbocycles. The summed E-state index contributed by atoms with van der Waals surface area (Å²) < 4.78 is 0. The molecule has 16 heavy (non-hydrogen) atoms. The molecule has 3 aromatic carbocycles. The molecule has 0 bridgehead atoms. The molecule has 1 radical (unpaired) electrons. The van der Waals surface area contributed by atoms with Gasteiger partial charge in [0.15, 0.2) is 0 Å². The number of fused-ring (bicyclic) bond motifs is 2. The van der Waals surface area contributed by atoms with E-state index in [0.717, 1.165) is 5.56 Å². The lowest BCUT2D eigenvalue weighted by Crippen LogP contribution is -1.77. The van der Waals surface area contributed by atoms with E-state index in [4.69, 9.17) is 6.58 Å². The maximum atomic E-state index is 5.53. The Morgan fingerprint density at radius 2 is 1.31 bits per heavy atom. The first-order valence-corrected chi connectivity index (χ1v) is 5.34. The molecule has 0 N–H and O–H groups in total. The van der Waals surface area contributed by atoms with E-state index in [9.17, 15) is 0 Å². The third-order valence-corrected chi connectivity index (χ3v) is 2.92. The van der Waals surface area contributed by atoms with E-state index in [1.54, 1.807) is 6.08 Å². The van der Waals surface area contributed by atoms with Gasteiger partial charge in [0.2, 0.25) is 0 Å². The van der Waals surface area contributed by atoms with Gasteiger partial charge in [0.05, 0.1) is 0 Å². The standard InChI is InChI=1S/C16H11/c1-2-12-7-8-15-10-13-5-3-4-6-14(13)11-16(15)9-12/h1-11H. The highest BCUT2D eigenvalue weighted by Crippen LogP contribution is 2.23. The summed E-state index contributed by atoms with van der Waals surface area (Å²) in [5.74, 6) is 0. The average Bonchev–Trinajstić information content (AvgIpc) is 2.35. The summed E-state index contributed by atoms with van der Waals surface area (Å²) in [7, 11) is 0. The minimum absolute atomic E-state index is 1.06. The summed E-state index contributed by atoms with van der Waals surface area (Å²) in [5, 5.41) is 5.03. The van der Waals surface area contributed by atoms with Gasteiger partial charge >= 0.3 is 0 Å². The molecule has 0 saturated heterocycles. The van der Waals surface area contributed by atoms with Crippen molar-refractivity contribution in [1.82, 2.24) is 0 Å². The molecule has 0 unspecified atom stereocenters. The van der Waals surface area contributed by atoms with Crippen LogP contribution >= 0.6 is 0 Å². The Kier molecular flexibility index (Phi) is 2.00. The number of rotatable bonds is 1. The fraction of sp³-hybridized carbons (Fsp3) is 0. The van der Waals surface area contributed by atoms with Crippen LogP contribution in [0.1, 0.15) is 5.56 Å². The predicted octanol–water partition coefficient (Wildman–Crippen LogP) is 4.44. The summed E-state index contributed by atoms with van der Waals surface area (Å²) in [6, 6.07) is 19.1. The minimum Gasteiger partial charge on any atom is -0.0617 e. The third kappa shape index (κ3) is 1.40. The Bertz CT molecular complexity index is 678. The quantitative estimate of drug-likeness (QED) is 0.513. The topological polar surface area (TPSA) is 0 Å². The highest BCUT2D eigenvalue weighted by molar-refractivity contribution is 5.98. The van der Waals surface area contributed by atoms with Gasteiger partial charge in [-0.2, -0.15) is 0 Å². The summed E-state index contributed by atoms with van der Waals surface area (Å²) in [4.78, 5) is 0. The van der Waals surface area contributed by atoms with Gasteiger partial charge in [-0.25, -0.2) is 0 Å². The van der Waals surface area contributed by atoms with Crippen LogP contribution in [0.5, 0.6) is 0 Å². The van der Waals surface area contributed by atoms with Gasteiger partial charge in [-0.3, -0.25) is 0 Å². The molecular formula is C16H11. The normalized spacial score (nSPS) is 10.8. The number of benzene rings is 3. The molecular weight excluding hydrogens is 192 g/mol. The summed E-state index contributed by atoms with van der Waals surface area (Å²) in [6.45, 7) is 5.53. The molecule has 0 atom stereocenters. The van der Waals surface area contributed by atoms with Gasteiger partial charge < -0.3 is 0 Å². The first kappa shape index (κ1) is 9.17. The lowest BCUT2D eigenvalue weighted by molar-refractivity contribution is 1.73. The van der Waals surface area contributed by atoms with Crippen LogP contribution in [-0.2, 0) is 0 Å². The van der Waals surface area contributed by atoms with Crippen molar-refractivity contribution >= 4 is 27.6 Å². The Morgan fingerprint density at radius 3 is 2.00 bits per heavy atom. The van der Waals surface area contributed by atoms with Crippen molar-refractivity contribution in [2.75, 3.05) is 0 Å². The molecule has 0 aliphatic carbocycles. The molecule has 0 fully saturated rings. The van der Waals surface area contributed by atoms with E-state index in [2.05, 4.69) is 48.5 Å². The number of hydrogen-bond donors (Lipinski definition) is 0. The van der Waals surface area contributed by atoms with E-state index in [1.165, 1.54) is 21.5 Å². The van der Waals surface area contributed by atoms with Gasteiger partial charge in [-0.15, -0.1) is 0 Å². The maximum Gasteiger partial charge on any atom is -0.0172 e. The second kappa shape index (κ2) is 3.49. The molecule has 0 heteroatoms. The zero-order valence-corrected chi connectivity index (χ0v) is 8.85. The Hall–Kier alpha value is -2.08. The SMILES string of the molecule is [CH]=Cc1ccc2cc3ccccc3cc2c1. The first-order valence-electron chi connectivity index (χ1n) is 5.34.